The number of carbonyl (C=O) groups excluding carboxylic acids is 1. The van der Waals surface area contributed by atoms with E-state index in [2.05, 4.69) is 26.4 Å². The number of fused-ring (bicyclic) bond motifs is 1. The first kappa shape index (κ1) is 20.6. The summed E-state index contributed by atoms with van der Waals surface area (Å²) in [6.07, 6.45) is -1.79. The molecule has 2 N–H and O–H groups in total. The van der Waals surface area contributed by atoms with Gasteiger partial charge in [-0.05, 0) is 36.8 Å². The summed E-state index contributed by atoms with van der Waals surface area (Å²) in [6, 6.07) is 7.15. The maximum Gasteiger partial charge on any atom is 0.586 e. The largest absolute Gasteiger partial charge is 0.586 e. The van der Waals surface area contributed by atoms with Crippen molar-refractivity contribution in [2.24, 2.45) is 5.92 Å². The Balaban J connectivity index is 1.44. The second kappa shape index (κ2) is 7.53. The molecule has 10 heteroatoms. The van der Waals surface area contributed by atoms with Gasteiger partial charge >= 0.3 is 18.3 Å². The molecule has 8 nitrogen and oxygen atoms in total. The van der Waals surface area contributed by atoms with E-state index in [1.54, 1.807) is 31.3 Å². The fourth-order valence-electron chi connectivity index (χ4n) is 3.72. The maximum atomic E-state index is 13.2. The number of hydrogen-bond acceptors (Lipinski definition) is 5. The van der Waals surface area contributed by atoms with Crippen LogP contribution in [0.3, 0.4) is 0 Å². The van der Waals surface area contributed by atoms with Crippen molar-refractivity contribution >= 4 is 12.0 Å². The molecule has 2 amide bonds. The third-order valence-corrected chi connectivity index (χ3v) is 5.29. The Morgan fingerprint density at radius 3 is 2.71 bits per heavy atom. The first-order valence-corrected chi connectivity index (χ1v) is 9.47. The molecule has 0 radical (unpaired) electrons. The minimum Gasteiger partial charge on any atom is -0.480 e. The van der Waals surface area contributed by atoms with Gasteiger partial charge in [-0.15, -0.1) is 8.78 Å². The number of carboxylic acid groups (broad SMARTS) is 1. The highest BCUT2D eigenvalue weighted by molar-refractivity contribution is 5.88. The average Bonchev–Trinajstić information content (AvgIpc) is 3.03. The minimum absolute atomic E-state index is 0.105. The third-order valence-electron chi connectivity index (χ3n) is 5.29. The predicted molar refractivity (Wildman–Crippen MR) is 103 cm³/mol. The lowest BCUT2D eigenvalue weighted by Gasteiger charge is -2.47. The lowest BCUT2D eigenvalue weighted by molar-refractivity contribution is -0.286. The Hall–Kier alpha value is -3.69. The smallest absolute Gasteiger partial charge is 0.480 e. The Morgan fingerprint density at radius 2 is 2.03 bits per heavy atom. The van der Waals surface area contributed by atoms with Gasteiger partial charge in [-0.1, -0.05) is 18.7 Å². The van der Waals surface area contributed by atoms with Gasteiger partial charge in [0, 0.05) is 29.9 Å². The zero-order valence-electron chi connectivity index (χ0n) is 16.4. The molecule has 1 fully saturated rings. The first-order valence-electron chi connectivity index (χ1n) is 9.47. The SMILES string of the molecule is C=C1[C@H](Cc2ccccn2)C(C(=O)O)N1C(=O)N[C@H](C)c1ccc2c(c1)OC(F)(F)O2. The summed E-state index contributed by atoms with van der Waals surface area (Å²) in [4.78, 5) is 29.9. The number of urea groups is 1. The van der Waals surface area contributed by atoms with Crippen LogP contribution in [0, 0.1) is 5.92 Å². The number of pyridine rings is 1. The molecule has 4 rings (SSSR count). The minimum atomic E-state index is -3.74. The Labute approximate surface area is 176 Å². The quantitative estimate of drug-likeness (QED) is 0.753. The zero-order valence-corrected chi connectivity index (χ0v) is 16.4. The van der Waals surface area contributed by atoms with E-state index in [-0.39, 0.29) is 11.5 Å². The maximum absolute atomic E-state index is 13.2. The van der Waals surface area contributed by atoms with Crippen molar-refractivity contribution in [1.29, 1.82) is 0 Å². The van der Waals surface area contributed by atoms with Crippen LogP contribution < -0.4 is 14.8 Å². The fourth-order valence-corrected chi connectivity index (χ4v) is 3.72. The number of carboxylic acids is 1. The molecule has 1 aromatic heterocycles. The molecule has 2 aliphatic rings. The van der Waals surface area contributed by atoms with Gasteiger partial charge in [0.1, 0.15) is 6.04 Å². The highest BCUT2D eigenvalue weighted by atomic mass is 19.3. The Bertz CT molecular complexity index is 1050. The van der Waals surface area contributed by atoms with E-state index in [1.807, 2.05) is 0 Å². The summed E-state index contributed by atoms with van der Waals surface area (Å²) < 4.78 is 35.2. The summed E-state index contributed by atoms with van der Waals surface area (Å²) in [5.41, 5.74) is 1.55. The molecule has 0 spiro atoms. The molecule has 1 saturated heterocycles. The Morgan fingerprint density at radius 1 is 1.29 bits per heavy atom. The van der Waals surface area contributed by atoms with E-state index in [1.165, 1.54) is 18.2 Å². The van der Waals surface area contributed by atoms with E-state index >= 15 is 0 Å². The number of likely N-dealkylation sites (tertiary alicyclic amines) is 1. The molecular weight excluding hydrogens is 412 g/mol. The molecule has 2 aliphatic heterocycles. The van der Waals surface area contributed by atoms with Gasteiger partial charge in [-0.25, -0.2) is 9.59 Å². The third kappa shape index (κ3) is 3.88. The standard InChI is InChI=1S/C21H19F2N3O5/c1-11(13-6-7-16-17(9-13)31-21(22,23)30-16)25-20(29)26-12(2)15(18(26)19(27)28)10-14-5-3-4-8-24-14/h3-9,11,15,18H,2,10H2,1H3,(H,25,29)(H,27,28)/t11-,15+,18?/m1/s1. The highest BCUT2D eigenvalue weighted by Crippen LogP contribution is 2.42. The van der Waals surface area contributed by atoms with E-state index in [0.29, 0.717) is 23.4 Å². The number of alkyl halides is 2. The lowest BCUT2D eigenvalue weighted by atomic mass is 9.81. The van der Waals surface area contributed by atoms with Crippen molar-refractivity contribution in [1.82, 2.24) is 15.2 Å². The number of hydrogen-bond donors (Lipinski definition) is 2. The molecule has 0 aliphatic carbocycles. The number of amides is 2. The number of carbonyl (C=O) groups is 2. The van der Waals surface area contributed by atoms with Gasteiger partial charge in [0.25, 0.3) is 0 Å². The highest BCUT2D eigenvalue weighted by Gasteiger charge is 2.50. The molecule has 3 atom stereocenters. The molecule has 1 aromatic carbocycles. The van der Waals surface area contributed by atoms with E-state index in [0.717, 1.165) is 4.90 Å². The van der Waals surface area contributed by atoms with E-state index < -0.39 is 36.3 Å². The number of aliphatic carboxylic acids is 1. The molecule has 31 heavy (non-hydrogen) atoms. The van der Waals surface area contributed by atoms with Crippen molar-refractivity contribution in [2.75, 3.05) is 0 Å². The monoisotopic (exact) mass is 431 g/mol. The number of halogens is 2. The van der Waals surface area contributed by atoms with Crippen molar-refractivity contribution in [2.45, 2.75) is 31.7 Å². The van der Waals surface area contributed by atoms with E-state index in [9.17, 15) is 23.5 Å². The number of aromatic nitrogens is 1. The van der Waals surface area contributed by atoms with Gasteiger partial charge < -0.3 is 19.9 Å². The number of nitrogens with zero attached hydrogens (tertiary/aromatic N) is 2. The molecule has 3 heterocycles. The van der Waals surface area contributed by atoms with Gasteiger partial charge in [0.15, 0.2) is 11.5 Å². The van der Waals surface area contributed by atoms with Crippen LogP contribution in [-0.4, -0.2) is 39.3 Å². The van der Waals surface area contributed by atoms with Gasteiger partial charge in [-0.2, -0.15) is 0 Å². The average molecular weight is 431 g/mol. The molecule has 2 aromatic rings. The molecule has 162 valence electrons. The summed E-state index contributed by atoms with van der Waals surface area (Å²) >= 11 is 0. The normalized spacial score (nSPS) is 21.9. The summed E-state index contributed by atoms with van der Waals surface area (Å²) in [5.74, 6) is -1.87. The van der Waals surface area contributed by atoms with Crippen LogP contribution in [0.1, 0.15) is 24.2 Å². The predicted octanol–water partition coefficient (Wildman–Crippen LogP) is 3.32. The zero-order chi connectivity index (χ0) is 22.3. The number of rotatable bonds is 5. The van der Waals surface area contributed by atoms with Gasteiger partial charge in [0.2, 0.25) is 0 Å². The summed E-state index contributed by atoms with van der Waals surface area (Å²) in [7, 11) is 0. The van der Waals surface area contributed by atoms with Crippen molar-refractivity contribution < 1.29 is 33.0 Å². The lowest BCUT2D eigenvalue weighted by Crippen LogP contribution is -2.63. The number of nitrogens with one attached hydrogen (secondary N) is 1. The van der Waals surface area contributed by atoms with Crippen LogP contribution in [0.25, 0.3) is 0 Å². The van der Waals surface area contributed by atoms with Crippen LogP contribution in [-0.2, 0) is 11.2 Å². The van der Waals surface area contributed by atoms with Crippen LogP contribution >= 0.6 is 0 Å². The number of ether oxygens (including phenoxy) is 2. The van der Waals surface area contributed by atoms with Crippen LogP contribution in [0.4, 0.5) is 13.6 Å². The Kier molecular flexibility index (Phi) is 5.00. The van der Waals surface area contributed by atoms with Crippen LogP contribution in [0.15, 0.2) is 54.9 Å². The van der Waals surface area contributed by atoms with Gasteiger partial charge in [-0.3, -0.25) is 9.88 Å². The van der Waals surface area contributed by atoms with Crippen LogP contribution in [0.5, 0.6) is 11.5 Å². The second-order valence-corrected chi connectivity index (χ2v) is 7.32. The molecule has 0 saturated carbocycles. The topological polar surface area (TPSA) is 101 Å². The summed E-state index contributed by atoms with van der Waals surface area (Å²) in [5, 5.41) is 12.3. The molecule has 1 unspecified atom stereocenters. The van der Waals surface area contributed by atoms with Crippen LogP contribution in [0.2, 0.25) is 0 Å². The number of benzene rings is 1. The molecular formula is C21H19F2N3O5. The first-order chi connectivity index (χ1) is 14.7. The van der Waals surface area contributed by atoms with Crippen molar-refractivity contribution in [3.05, 3.63) is 66.1 Å². The van der Waals surface area contributed by atoms with Crippen molar-refractivity contribution in [3.63, 3.8) is 0 Å². The molecule has 0 bridgehead atoms. The fraction of sp³-hybridized carbons (Fsp3) is 0.286. The van der Waals surface area contributed by atoms with Crippen molar-refractivity contribution in [3.8, 4) is 11.5 Å². The van der Waals surface area contributed by atoms with E-state index in [4.69, 9.17) is 0 Å². The second-order valence-electron chi connectivity index (χ2n) is 7.32. The summed E-state index contributed by atoms with van der Waals surface area (Å²) in [6.45, 7) is 5.51. The van der Waals surface area contributed by atoms with Gasteiger partial charge in [0.05, 0.1) is 6.04 Å².